The molecule has 1 aromatic heterocycles. The van der Waals surface area contributed by atoms with Gasteiger partial charge < -0.3 is 4.90 Å². The lowest BCUT2D eigenvalue weighted by atomic mass is 10.2. The van der Waals surface area contributed by atoms with Crippen molar-refractivity contribution in [3.05, 3.63) is 12.3 Å². The Hall–Kier alpha value is -1.43. The van der Waals surface area contributed by atoms with E-state index in [4.69, 9.17) is 0 Å². The summed E-state index contributed by atoms with van der Waals surface area (Å²) in [6, 6.07) is 1.54. The number of aromatic nitrogens is 1. The Morgan fingerprint density at radius 3 is 2.88 bits per heavy atom. The number of urea groups is 1. The topological polar surface area (TPSA) is 53.5 Å². The van der Waals surface area contributed by atoms with Crippen LogP contribution in [0.2, 0.25) is 0 Å². The van der Waals surface area contributed by atoms with Crippen LogP contribution in [0.4, 0.5) is 9.80 Å². The van der Waals surface area contributed by atoms with Crippen molar-refractivity contribution >= 4 is 28.5 Å². The van der Waals surface area contributed by atoms with Crippen molar-refractivity contribution in [2.24, 2.45) is 0 Å². The van der Waals surface area contributed by atoms with Gasteiger partial charge >= 0.3 is 6.03 Å². The molecule has 0 radical (unpaired) electrons. The van der Waals surface area contributed by atoms with Gasteiger partial charge in [-0.3, -0.25) is 4.79 Å². The molecule has 0 aliphatic carbocycles. The first-order valence-electron chi connectivity index (χ1n) is 5.19. The number of carbonyl (C=O) groups is 2. The quantitative estimate of drug-likeness (QED) is 0.754. The number of hydrogen-bond acceptors (Lipinski definition) is 4. The molecule has 1 aliphatic rings. The Bertz CT molecular complexity index is 404. The third kappa shape index (κ3) is 1.69. The summed E-state index contributed by atoms with van der Waals surface area (Å²) in [5.41, 5.74) is 0. The molecule has 2 heterocycles. The molecule has 1 fully saturated rings. The minimum absolute atomic E-state index is 0.0920. The summed E-state index contributed by atoms with van der Waals surface area (Å²) in [7, 11) is 0. The van der Waals surface area contributed by atoms with Crippen LogP contribution in [0, 0.1) is 0 Å². The van der Waals surface area contributed by atoms with E-state index in [0.29, 0.717) is 5.00 Å². The van der Waals surface area contributed by atoms with E-state index in [1.807, 2.05) is 13.8 Å². The highest BCUT2D eigenvalue weighted by molar-refractivity contribution is 7.10. The predicted molar refractivity (Wildman–Crippen MR) is 61.5 cm³/mol. The number of nitrogens with zero attached hydrogens (tertiary/aromatic N) is 3. The lowest BCUT2D eigenvalue weighted by Crippen LogP contribution is -2.37. The van der Waals surface area contributed by atoms with Gasteiger partial charge in [-0.2, -0.15) is 4.37 Å². The molecule has 5 nitrogen and oxygen atoms in total. The lowest BCUT2D eigenvalue weighted by molar-refractivity contribution is -0.116. The zero-order valence-electron chi connectivity index (χ0n) is 9.21. The summed E-state index contributed by atoms with van der Waals surface area (Å²) in [6.45, 7) is 4.12. The van der Waals surface area contributed by atoms with Gasteiger partial charge in [0.2, 0.25) is 0 Å². The Morgan fingerprint density at radius 1 is 1.56 bits per heavy atom. The molecule has 1 atom stereocenters. The molecule has 0 N–H and O–H groups in total. The first-order chi connectivity index (χ1) is 7.65. The molecular formula is C10H13N3O2S. The van der Waals surface area contributed by atoms with Crippen LogP contribution in [-0.2, 0) is 4.79 Å². The second kappa shape index (κ2) is 4.21. The van der Waals surface area contributed by atoms with Crippen molar-refractivity contribution in [1.29, 1.82) is 0 Å². The van der Waals surface area contributed by atoms with Crippen LogP contribution in [0.3, 0.4) is 0 Å². The zero-order valence-corrected chi connectivity index (χ0v) is 10.0. The summed E-state index contributed by atoms with van der Waals surface area (Å²) in [6.07, 6.45) is 2.43. The molecular weight excluding hydrogens is 226 g/mol. The second-order valence-corrected chi connectivity index (χ2v) is 4.56. The standard InChI is InChI=1S/C10H13N3O2S/c1-3-7(2)12-6-8(14)13(10(12)15)9-4-5-11-16-9/h4-5,7H,3,6H2,1-2H3. The van der Waals surface area contributed by atoms with Gasteiger partial charge in [-0.1, -0.05) is 6.92 Å². The Morgan fingerprint density at radius 2 is 2.31 bits per heavy atom. The van der Waals surface area contributed by atoms with Crippen LogP contribution in [-0.4, -0.2) is 33.8 Å². The zero-order chi connectivity index (χ0) is 11.7. The Labute approximate surface area is 97.8 Å². The first kappa shape index (κ1) is 11.1. The SMILES string of the molecule is CCC(C)N1CC(=O)N(c2ccns2)C1=O. The minimum Gasteiger partial charge on any atom is -0.312 e. The smallest absolute Gasteiger partial charge is 0.312 e. The summed E-state index contributed by atoms with van der Waals surface area (Å²) in [4.78, 5) is 26.6. The van der Waals surface area contributed by atoms with E-state index in [1.54, 1.807) is 17.2 Å². The Kier molecular flexibility index (Phi) is 2.91. The van der Waals surface area contributed by atoms with E-state index < -0.39 is 0 Å². The maximum absolute atomic E-state index is 12.0. The van der Waals surface area contributed by atoms with Crippen molar-refractivity contribution in [3.8, 4) is 0 Å². The van der Waals surface area contributed by atoms with E-state index in [-0.39, 0.29) is 24.5 Å². The van der Waals surface area contributed by atoms with Crippen molar-refractivity contribution in [2.45, 2.75) is 26.3 Å². The van der Waals surface area contributed by atoms with E-state index in [1.165, 1.54) is 4.90 Å². The van der Waals surface area contributed by atoms with E-state index in [2.05, 4.69) is 4.37 Å². The van der Waals surface area contributed by atoms with Gasteiger partial charge in [0.1, 0.15) is 11.5 Å². The van der Waals surface area contributed by atoms with Crippen LogP contribution in [0.15, 0.2) is 12.3 Å². The highest BCUT2D eigenvalue weighted by Gasteiger charge is 2.39. The van der Waals surface area contributed by atoms with Gasteiger partial charge in [0, 0.05) is 12.2 Å². The van der Waals surface area contributed by atoms with Gasteiger partial charge in [-0.25, -0.2) is 9.69 Å². The summed E-state index contributed by atoms with van der Waals surface area (Å²) < 4.78 is 3.90. The van der Waals surface area contributed by atoms with Gasteiger partial charge in [-0.15, -0.1) is 0 Å². The fourth-order valence-electron chi connectivity index (χ4n) is 1.63. The fourth-order valence-corrected chi connectivity index (χ4v) is 2.24. The second-order valence-electron chi connectivity index (χ2n) is 3.75. The molecule has 3 amide bonds. The van der Waals surface area contributed by atoms with Gasteiger partial charge in [-0.05, 0) is 30.9 Å². The van der Waals surface area contributed by atoms with Crippen molar-refractivity contribution in [1.82, 2.24) is 9.27 Å². The average Bonchev–Trinajstić information content (AvgIpc) is 2.86. The third-order valence-electron chi connectivity index (χ3n) is 2.76. The highest BCUT2D eigenvalue weighted by Crippen LogP contribution is 2.25. The summed E-state index contributed by atoms with van der Waals surface area (Å²) in [5.74, 6) is -0.172. The van der Waals surface area contributed by atoms with Crippen LogP contribution >= 0.6 is 11.5 Å². The molecule has 0 bridgehead atoms. The largest absolute Gasteiger partial charge is 0.332 e. The normalized spacial score (nSPS) is 18.4. The summed E-state index contributed by atoms with van der Waals surface area (Å²) >= 11 is 1.16. The molecule has 2 rings (SSSR count). The molecule has 1 saturated heterocycles. The van der Waals surface area contributed by atoms with Crippen molar-refractivity contribution < 1.29 is 9.59 Å². The molecule has 16 heavy (non-hydrogen) atoms. The van der Waals surface area contributed by atoms with Gasteiger partial charge in [0.15, 0.2) is 0 Å². The molecule has 1 aromatic rings. The Balaban J connectivity index is 2.24. The first-order valence-corrected chi connectivity index (χ1v) is 5.96. The number of hydrogen-bond donors (Lipinski definition) is 0. The van der Waals surface area contributed by atoms with Gasteiger partial charge in [0.05, 0.1) is 0 Å². The maximum atomic E-state index is 12.0. The van der Waals surface area contributed by atoms with Gasteiger partial charge in [0.25, 0.3) is 5.91 Å². The maximum Gasteiger partial charge on any atom is 0.332 e. The third-order valence-corrected chi connectivity index (χ3v) is 3.49. The van der Waals surface area contributed by atoms with Crippen LogP contribution < -0.4 is 4.90 Å². The molecule has 0 saturated carbocycles. The summed E-state index contributed by atoms with van der Waals surface area (Å²) in [5, 5.41) is 0.598. The van der Waals surface area contributed by atoms with Crippen LogP contribution in [0.25, 0.3) is 0 Å². The van der Waals surface area contributed by atoms with Crippen LogP contribution in [0.5, 0.6) is 0 Å². The highest BCUT2D eigenvalue weighted by atomic mass is 32.1. The van der Waals surface area contributed by atoms with Crippen LogP contribution in [0.1, 0.15) is 20.3 Å². The van der Waals surface area contributed by atoms with E-state index >= 15 is 0 Å². The number of carbonyl (C=O) groups excluding carboxylic acids is 2. The number of amides is 3. The molecule has 1 aliphatic heterocycles. The average molecular weight is 239 g/mol. The number of rotatable bonds is 3. The molecule has 6 heteroatoms. The number of imide groups is 1. The van der Waals surface area contributed by atoms with E-state index in [0.717, 1.165) is 18.0 Å². The van der Waals surface area contributed by atoms with Crippen molar-refractivity contribution in [2.75, 3.05) is 11.4 Å². The minimum atomic E-state index is -0.233. The lowest BCUT2D eigenvalue weighted by Gasteiger charge is -2.21. The molecule has 1 unspecified atom stereocenters. The fraction of sp³-hybridized carbons (Fsp3) is 0.500. The molecule has 0 spiro atoms. The number of anilines is 1. The monoisotopic (exact) mass is 239 g/mol. The molecule has 86 valence electrons. The van der Waals surface area contributed by atoms with Crippen molar-refractivity contribution in [3.63, 3.8) is 0 Å². The predicted octanol–water partition coefficient (Wildman–Crippen LogP) is 1.71. The molecule has 0 aromatic carbocycles. The van der Waals surface area contributed by atoms with E-state index in [9.17, 15) is 9.59 Å².